The van der Waals surface area contributed by atoms with Crippen LogP contribution in [0.25, 0.3) is 11.3 Å². The van der Waals surface area contributed by atoms with E-state index in [4.69, 9.17) is 4.74 Å². The number of ether oxygens (including phenoxy) is 1. The van der Waals surface area contributed by atoms with E-state index in [0.29, 0.717) is 25.2 Å². The topological polar surface area (TPSA) is 114 Å². The lowest BCUT2D eigenvalue weighted by atomic mass is 9.91. The molecule has 2 N–H and O–H groups in total. The van der Waals surface area contributed by atoms with Crippen LogP contribution >= 0.6 is 0 Å². The van der Waals surface area contributed by atoms with E-state index in [-0.39, 0.29) is 45.8 Å². The Balaban J connectivity index is 1.60. The molecule has 1 saturated heterocycles. The number of carbonyl (C=O) groups excluding carboxylic acids is 1. The number of benzene rings is 2. The molecule has 2 aliphatic heterocycles. The number of piperidine rings is 1. The number of aryl methyl sites for hydroxylation is 2. The van der Waals surface area contributed by atoms with Crippen LogP contribution in [0.3, 0.4) is 0 Å². The molecule has 1 aromatic heterocycles. The van der Waals surface area contributed by atoms with Crippen LogP contribution in [0.5, 0.6) is 5.88 Å². The van der Waals surface area contributed by atoms with Crippen molar-refractivity contribution >= 4 is 21.9 Å². The predicted octanol–water partition coefficient (Wildman–Crippen LogP) is 4.56. The number of amides is 1. The average Bonchev–Trinajstić information content (AvgIpc) is 2.86. The molecule has 0 spiro atoms. The van der Waals surface area contributed by atoms with Crippen LogP contribution in [0.15, 0.2) is 53.4 Å². The molecule has 1 fully saturated rings. The highest BCUT2D eigenvalue weighted by molar-refractivity contribution is 7.92. The molecular formula is C30H37N5O4S. The van der Waals surface area contributed by atoms with Crippen molar-refractivity contribution in [3.63, 3.8) is 0 Å². The number of fused-ring (bicyclic) bond motifs is 6. The van der Waals surface area contributed by atoms with Crippen LogP contribution in [-0.4, -0.2) is 61.0 Å². The molecule has 0 saturated carbocycles. The van der Waals surface area contributed by atoms with Gasteiger partial charge in [-0.25, -0.2) is 18.1 Å². The van der Waals surface area contributed by atoms with Crippen LogP contribution in [0.4, 0.5) is 5.95 Å². The fourth-order valence-electron chi connectivity index (χ4n) is 5.31. The highest BCUT2D eigenvalue weighted by Gasteiger charge is 2.32. The number of sulfonamides is 1. The van der Waals surface area contributed by atoms with Crippen molar-refractivity contribution in [2.45, 2.75) is 64.5 Å². The summed E-state index contributed by atoms with van der Waals surface area (Å²) >= 11 is 0. The van der Waals surface area contributed by atoms with E-state index < -0.39 is 10.0 Å². The fraction of sp³-hybridized carbons (Fsp3) is 0.433. The third-order valence-corrected chi connectivity index (χ3v) is 8.69. The van der Waals surface area contributed by atoms with E-state index >= 15 is 0 Å². The summed E-state index contributed by atoms with van der Waals surface area (Å²) in [7, 11) is -4.08. The third kappa shape index (κ3) is 6.45. The lowest BCUT2D eigenvalue weighted by Crippen LogP contribution is -2.54. The SMILES string of the molecule is Cc1cccc(C)c1-c1cc2nc(n1)NS(=O)(=O)c1cccc(c1)C(=O)NC1CC(CN(CCC(C)(C)C)C1)O2. The Morgan fingerprint density at radius 1 is 1.02 bits per heavy atom. The number of rotatable bonds is 3. The zero-order valence-corrected chi connectivity index (χ0v) is 24.5. The number of likely N-dealkylation sites (tertiary alicyclic amines) is 1. The summed E-state index contributed by atoms with van der Waals surface area (Å²) in [6.07, 6.45) is 1.33. The molecule has 1 amide bonds. The minimum atomic E-state index is -4.08. The van der Waals surface area contributed by atoms with Gasteiger partial charge in [-0.1, -0.05) is 45.0 Å². The summed E-state index contributed by atoms with van der Waals surface area (Å²) in [6, 6.07) is 13.6. The van der Waals surface area contributed by atoms with Crippen LogP contribution < -0.4 is 14.8 Å². The first-order chi connectivity index (χ1) is 18.9. The molecule has 2 aromatic carbocycles. The van der Waals surface area contributed by atoms with E-state index in [1.165, 1.54) is 12.1 Å². The summed E-state index contributed by atoms with van der Waals surface area (Å²) in [4.78, 5) is 24.6. The van der Waals surface area contributed by atoms with Crippen LogP contribution in [0.1, 0.15) is 55.1 Å². The summed E-state index contributed by atoms with van der Waals surface area (Å²) in [5.74, 6) is -0.120. The summed E-state index contributed by atoms with van der Waals surface area (Å²) in [6.45, 7) is 12.9. The zero-order chi connectivity index (χ0) is 28.7. The molecule has 0 radical (unpaired) electrons. The van der Waals surface area contributed by atoms with Gasteiger partial charge in [-0.3, -0.25) is 9.69 Å². The smallest absolute Gasteiger partial charge is 0.264 e. The van der Waals surface area contributed by atoms with Gasteiger partial charge in [0.1, 0.15) is 6.10 Å². The highest BCUT2D eigenvalue weighted by atomic mass is 32.2. The minimum Gasteiger partial charge on any atom is -0.473 e. The average molecular weight is 564 g/mol. The van der Waals surface area contributed by atoms with Gasteiger partial charge in [0.15, 0.2) is 0 Å². The van der Waals surface area contributed by atoms with Gasteiger partial charge >= 0.3 is 0 Å². The first-order valence-corrected chi connectivity index (χ1v) is 15.1. The van der Waals surface area contributed by atoms with Crippen molar-refractivity contribution in [3.8, 4) is 17.1 Å². The molecule has 10 heteroatoms. The second-order valence-corrected chi connectivity index (χ2v) is 13.7. The summed E-state index contributed by atoms with van der Waals surface area (Å²) < 4.78 is 35.7. The maximum atomic E-state index is 13.4. The Hall–Kier alpha value is -3.50. The second kappa shape index (κ2) is 10.8. The second-order valence-electron chi connectivity index (χ2n) is 12.0. The first-order valence-electron chi connectivity index (χ1n) is 13.6. The molecule has 0 aliphatic carbocycles. The fourth-order valence-corrected chi connectivity index (χ4v) is 6.30. The number of anilines is 1. The standard InChI is InChI=1S/C30H37N5O4S/c1-19-8-6-9-20(2)27(19)25-16-26-33-29(32-25)34-40(37,38)24-11-7-10-21(14-24)28(36)31-22-15-23(39-26)18-35(17-22)13-12-30(3,4)5/h6-11,14,16,22-23H,12-13,15,17-18H2,1-5H3,(H,31,36)(H,32,33,34). The van der Waals surface area contributed by atoms with Gasteiger partial charge in [-0.05, 0) is 61.6 Å². The molecule has 6 bridgehead atoms. The van der Waals surface area contributed by atoms with Crippen LogP contribution in [-0.2, 0) is 10.0 Å². The molecule has 2 aliphatic rings. The van der Waals surface area contributed by atoms with Gasteiger partial charge < -0.3 is 10.1 Å². The van der Waals surface area contributed by atoms with Crippen molar-refractivity contribution in [2.75, 3.05) is 24.4 Å². The molecule has 9 nitrogen and oxygen atoms in total. The molecule has 212 valence electrons. The number of aromatic nitrogens is 2. The van der Waals surface area contributed by atoms with Crippen molar-refractivity contribution in [1.29, 1.82) is 0 Å². The van der Waals surface area contributed by atoms with Crippen molar-refractivity contribution in [1.82, 2.24) is 20.2 Å². The Kier molecular flexibility index (Phi) is 7.58. The quantitative estimate of drug-likeness (QED) is 0.480. The molecule has 2 atom stereocenters. The van der Waals surface area contributed by atoms with Gasteiger partial charge in [-0.2, -0.15) is 4.98 Å². The largest absolute Gasteiger partial charge is 0.473 e. The highest BCUT2D eigenvalue weighted by Crippen LogP contribution is 2.31. The normalized spacial score (nSPS) is 21.0. The maximum absolute atomic E-state index is 13.4. The van der Waals surface area contributed by atoms with E-state index in [9.17, 15) is 13.2 Å². The molecule has 3 aromatic rings. The minimum absolute atomic E-state index is 0.0472. The van der Waals surface area contributed by atoms with Crippen LogP contribution in [0.2, 0.25) is 0 Å². The van der Waals surface area contributed by atoms with Crippen molar-refractivity contribution in [2.24, 2.45) is 5.41 Å². The molecule has 2 unspecified atom stereocenters. The van der Waals surface area contributed by atoms with E-state index in [1.807, 2.05) is 32.0 Å². The number of nitrogens with zero attached hydrogens (tertiary/aromatic N) is 3. The number of hydrogen-bond acceptors (Lipinski definition) is 7. The molecular weight excluding hydrogens is 526 g/mol. The van der Waals surface area contributed by atoms with Crippen LogP contribution in [0, 0.1) is 19.3 Å². The molecule has 3 heterocycles. The summed E-state index contributed by atoms with van der Waals surface area (Å²) in [5.41, 5.74) is 3.94. The van der Waals surface area contributed by atoms with E-state index in [0.717, 1.165) is 29.7 Å². The molecule has 5 rings (SSSR count). The van der Waals surface area contributed by atoms with Gasteiger partial charge in [0, 0.05) is 42.7 Å². The van der Waals surface area contributed by atoms with Gasteiger partial charge in [0.25, 0.3) is 15.9 Å². The number of hydrogen-bond donors (Lipinski definition) is 2. The maximum Gasteiger partial charge on any atom is 0.264 e. The molecule has 40 heavy (non-hydrogen) atoms. The summed E-state index contributed by atoms with van der Waals surface area (Å²) in [5, 5.41) is 3.12. The monoisotopic (exact) mass is 563 g/mol. The van der Waals surface area contributed by atoms with E-state index in [1.54, 1.807) is 18.2 Å². The zero-order valence-electron chi connectivity index (χ0n) is 23.7. The lowest BCUT2D eigenvalue weighted by molar-refractivity contribution is 0.0554. The first kappa shape index (κ1) is 28.0. The van der Waals surface area contributed by atoms with Crippen molar-refractivity contribution in [3.05, 3.63) is 65.2 Å². The lowest BCUT2D eigenvalue weighted by Gasteiger charge is -2.39. The number of nitrogens with one attached hydrogen (secondary N) is 2. The Morgan fingerprint density at radius 3 is 2.48 bits per heavy atom. The van der Waals surface area contributed by atoms with Gasteiger partial charge in [-0.15, -0.1) is 0 Å². The Morgan fingerprint density at radius 2 is 1.75 bits per heavy atom. The van der Waals surface area contributed by atoms with Gasteiger partial charge in [0.05, 0.1) is 10.6 Å². The van der Waals surface area contributed by atoms with Gasteiger partial charge in [0.2, 0.25) is 11.8 Å². The Bertz CT molecular complexity index is 1510. The third-order valence-electron chi connectivity index (χ3n) is 7.36. The van der Waals surface area contributed by atoms with Crippen molar-refractivity contribution < 1.29 is 17.9 Å². The number of carbonyl (C=O) groups is 1. The predicted molar refractivity (Wildman–Crippen MR) is 155 cm³/mol. The van der Waals surface area contributed by atoms with E-state index in [2.05, 4.69) is 45.7 Å². The Labute approximate surface area is 236 Å².